The lowest BCUT2D eigenvalue weighted by molar-refractivity contribution is -0.133. The van der Waals surface area contributed by atoms with Crippen molar-refractivity contribution in [1.82, 2.24) is 36.2 Å². The Morgan fingerprint density at radius 2 is 1.50 bits per heavy atom. The Kier molecular flexibility index (Phi) is 12.8. The van der Waals surface area contributed by atoms with Gasteiger partial charge in [-0.15, -0.1) is 0 Å². The number of nitrogens with two attached hydrogens (primary N) is 3. The molecule has 15 heteroatoms. The molecule has 0 spiro atoms. The van der Waals surface area contributed by atoms with Crippen LogP contribution in [0.4, 0.5) is 0 Å². The summed E-state index contributed by atoms with van der Waals surface area (Å²) in [5, 5.41) is 17.9. The Labute approximate surface area is 254 Å². The van der Waals surface area contributed by atoms with Gasteiger partial charge in [0.25, 0.3) is 0 Å². The smallest absolute Gasteiger partial charge is 0.243 e. The number of benzene rings is 1. The van der Waals surface area contributed by atoms with Crippen molar-refractivity contribution in [3.63, 3.8) is 0 Å². The van der Waals surface area contributed by atoms with E-state index in [0.29, 0.717) is 18.7 Å². The van der Waals surface area contributed by atoms with Crippen LogP contribution in [0.25, 0.3) is 0 Å². The first kappa shape index (κ1) is 33.2. The third kappa shape index (κ3) is 11.2. The highest BCUT2D eigenvalue weighted by Gasteiger charge is 2.30. The van der Waals surface area contributed by atoms with Crippen LogP contribution in [0, 0.1) is 5.41 Å². The number of imidazole rings is 1. The maximum atomic E-state index is 13.7. The van der Waals surface area contributed by atoms with Crippen molar-refractivity contribution in [1.29, 1.82) is 5.41 Å². The van der Waals surface area contributed by atoms with Crippen molar-refractivity contribution >= 4 is 29.6 Å². The summed E-state index contributed by atoms with van der Waals surface area (Å²) in [5.41, 5.74) is 19.0. The fourth-order valence-corrected chi connectivity index (χ4v) is 4.38. The first-order valence-corrected chi connectivity index (χ1v) is 14.1. The van der Waals surface area contributed by atoms with Crippen LogP contribution in [0.5, 0.6) is 0 Å². The van der Waals surface area contributed by atoms with Crippen LogP contribution in [0.2, 0.25) is 0 Å². The Morgan fingerprint density at radius 3 is 2.11 bits per heavy atom. The zero-order chi connectivity index (χ0) is 31.9. The maximum absolute atomic E-state index is 13.7. The van der Waals surface area contributed by atoms with E-state index in [9.17, 15) is 19.2 Å². The minimum atomic E-state index is -1.12. The lowest BCUT2D eigenvalue weighted by Crippen LogP contribution is -2.58. The predicted molar refractivity (Wildman–Crippen MR) is 162 cm³/mol. The number of nitrogens with one attached hydrogen (secondary N) is 6. The average Bonchev–Trinajstić information content (AvgIpc) is 3.52. The lowest BCUT2D eigenvalue weighted by Gasteiger charge is -2.25. The maximum Gasteiger partial charge on any atom is 0.243 e. The summed E-state index contributed by atoms with van der Waals surface area (Å²) >= 11 is 0. The molecule has 0 saturated carbocycles. The van der Waals surface area contributed by atoms with Crippen LogP contribution in [-0.2, 0) is 38.4 Å². The van der Waals surface area contributed by atoms with Crippen LogP contribution in [0.15, 0.2) is 67.4 Å². The summed E-state index contributed by atoms with van der Waals surface area (Å²) in [7, 11) is 0. The molecule has 2 heterocycles. The Hall–Kier alpha value is -5.31. The molecule has 1 aromatic carbocycles. The van der Waals surface area contributed by atoms with Crippen molar-refractivity contribution in [3.05, 3.63) is 84.2 Å². The zero-order valence-corrected chi connectivity index (χ0v) is 24.2. The molecule has 234 valence electrons. The largest absolute Gasteiger partial charge is 0.370 e. The molecule has 0 bridgehead atoms. The molecule has 15 nitrogen and oxygen atoms in total. The summed E-state index contributed by atoms with van der Waals surface area (Å²) in [6, 6.07) is 8.29. The molecule has 0 fully saturated rings. The number of amides is 4. The number of hydrogen-bond acceptors (Lipinski definition) is 8. The highest BCUT2D eigenvalue weighted by Crippen LogP contribution is 2.08. The molecule has 0 aliphatic rings. The summed E-state index contributed by atoms with van der Waals surface area (Å²) in [6.07, 6.45) is 7.14. The van der Waals surface area contributed by atoms with Crippen LogP contribution in [-0.4, -0.2) is 75.3 Å². The van der Waals surface area contributed by atoms with Gasteiger partial charge in [-0.25, -0.2) is 4.98 Å². The van der Waals surface area contributed by atoms with Gasteiger partial charge in [-0.3, -0.25) is 29.6 Å². The van der Waals surface area contributed by atoms with E-state index in [4.69, 9.17) is 22.6 Å². The Balaban J connectivity index is 1.76. The quantitative estimate of drug-likeness (QED) is 0.0485. The van der Waals surface area contributed by atoms with Crippen molar-refractivity contribution in [2.24, 2.45) is 17.2 Å². The summed E-state index contributed by atoms with van der Waals surface area (Å²) in [5.74, 6) is -2.82. The molecule has 3 rings (SSSR count). The van der Waals surface area contributed by atoms with Crippen molar-refractivity contribution < 1.29 is 19.2 Å². The molecule has 0 radical (unpaired) electrons. The zero-order valence-electron chi connectivity index (χ0n) is 24.2. The van der Waals surface area contributed by atoms with Crippen molar-refractivity contribution in [3.8, 4) is 0 Å². The second-order valence-electron chi connectivity index (χ2n) is 10.2. The number of rotatable bonds is 17. The molecule has 44 heavy (non-hydrogen) atoms. The molecule has 0 unspecified atom stereocenters. The van der Waals surface area contributed by atoms with Gasteiger partial charge in [0.1, 0.15) is 18.1 Å². The normalized spacial score (nSPS) is 13.5. The first-order valence-electron chi connectivity index (χ1n) is 14.1. The molecule has 0 aliphatic heterocycles. The van der Waals surface area contributed by atoms with E-state index in [2.05, 4.69) is 36.2 Å². The Morgan fingerprint density at radius 1 is 0.841 bits per heavy atom. The van der Waals surface area contributed by atoms with Crippen molar-refractivity contribution in [2.75, 3.05) is 6.54 Å². The number of aromatic amines is 1. The summed E-state index contributed by atoms with van der Waals surface area (Å²) in [4.78, 5) is 63.3. The van der Waals surface area contributed by atoms with E-state index in [1.165, 1.54) is 6.33 Å². The topological polar surface area (TPSA) is 260 Å². The highest BCUT2D eigenvalue weighted by molar-refractivity contribution is 5.94. The van der Waals surface area contributed by atoms with E-state index in [0.717, 1.165) is 11.1 Å². The number of aromatic nitrogens is 3. The van der Waals surface area contributed by atoms with Gasteiger partial charge in [0.15, 0.2) is 5.96 Å². The minimum Gasteiger partial charge on any atom is -0.370 e. The van der Waals surface area contributed by atoms with E-state index < -0.39 is 47.8 Å². The third-order valence-corrected chi connectivity index (χ3v) is 6.68. The van der Waals surface area contributed by atoms with Crippen LogP contribution in [0.3, 0.4) is 0 Å². The molecular formula is C29H39N11O4. The number of nitrogens with zero attached hydrogens (tertiary/aromatic N) is 2. The SMILES string of the molecule is N=C(N)NCCC[C@H](NC(=O)[C@@H](Cc1ccccc1)NC(=O)[C@H](Cc1c[nH]cn1)NC(=O)[C@@H](N)Cc1cccnc1)C(N)=O. The molecule has 4 atom stereocenters. The fraction of sp³-hybridized carbons (Fsp3) is 0.345. The second kappa shape index (κ2) is 17.0. The fourth-order valence-electron chi connectivity index (χ4n) is 4.38. The second-order valence-corrected chi connectivity index (χ2v) is 10.2. The number of carbonyl (C=O) groups excluding carboxylic acids is 4. The van der Waals surface area contributed by atoms with Gasteiger partial charge in [-0.2, -0.15) is 0 Å². The molecule has 0 saturated heterocycles. The molecule has 2 aromatic heterocycles. The summed E-state index contributed by atoms with van der Waals surface area (Å²) < 4.78 is 0. The molecular weight excluding hydrogens is 566 g/mol. The molecule has 3 aromatic rings. The number of hydrogen-bond donors (Lipinski definition) is 9. The van der Waals surface area contributed by atoms with Crippen molar-refractivity contribution in [2.45, 2.75) is 56.3 Å². The van der Waals surface area contributed by atoms with Crippen LogP contribution in [0.1, 0.15) is 29.7 Å². The van der Waals surface area contributed by atoms with E-state index in [1.807, 2.05) is 6.07 Å². The average molecular weight is 606 g/mol. The van der Waals surface area contributed by atoms with E-state index in [1.54, 1.807) is 55.0 Å². The van der Waals surface area contributed by atoms with Gasteiger partial charge in [0.05, 0.1) is 18.1 Å². The van der Waals surface area contributed by atoms with E-state index in [-0.39, 0.29) is 31.6 Å². The van der Waals surface area contributed by atoms with Gasteiger partial charge in [-0.05, 0) is 36.5 Å². The number of carbonyl (C=O) groups is 4. The van der Waals surface area contributed by atoms with Crippen LogP contribution >= 0.6 is 0 Å². The number of pyridine rings is 1. The number of primary amides is 1. The van der Waals surface area contributed by atoms with Gasteiger partial charge < -0.3 is 43.5 Å². The van der Waals surface area contributed by atoms with Crippen LogP contribution < -0.4 is 38.5 Å². The van der Waals surface area contributed by atoms with Gasteiger partial charge in [0.2, 0.25) is 23.6 Å². The summed E-state index contributed by atoms with van der Waals surface area (Å²) in [6.45, 7) is 0.302. The van der Waals surface area contributed by atoms with Gasteiger partial charge in [-0.1, -0.05) is 36.4 Å². The van der Waals surface area contributed by atoms with Gasteiger partial charge in [0, 0.05) is 38.0 Å². The standard InChI is InChI=1S/C29H39N11O4/c30-21(12-19-8-4-10-34-15-19)26(42)39-24(14-20-16-35-17-37-20)28(44)40-23(13-18-6-2-1-3-7-18)27(43)38-22(25(31)41)9-5-11-36-29(32)33/h1-4,6-8,10,15-17,21-24H,5,9,11-14,30H2,(H2,31,41)(H,35,37)(H,38,43)(H,39,42)(H,40,44)(H4,32,33,36)/t21-,22-,23+,24-/m0/s1. The lowest BCUT2D eigenvalue weighted by atomic mass is 10.0. The molecule has 4 amide bonds. The molecule has 0 aliphatic carbocycles. The monoisotopic (exact) mass is 605 g/mol. The third-order valence-electron chi connectivity index (χ3n) is 6.68. The highest BCUT2D eigenvalue weighted by atomic mass is 16.2. The molecule has 12 N–H and O–H groups in total. The Bertz CT molecular complexity index is 1370. The first-order chi connectivity index (χ1) is 21.1. The predicted octanol–water partition coefficient (Wildman–Crippen LogP) is -1.64. The minimum absolute atomic E-state index is 0.0213. The number of guanidine groups is 1. The van der Waals surface area contributed by atoms with Gasteiger partial charge >= 0.3 is 0 Å². The number of H-pyrrole nitrogens is 1. The van der Waals surface area contributed by atoms with E-state index >= 15 is 0 Å².